The van der Waals surface area contributed by atoms with Crippen molar-refractivity contribution in [1.29, 1.82) is 0 Å². The second kappa shape index (κ2) is 4.81. The van der Waals surface area contributed by atoms with Crippen LogP contribution in [0.15, 0.2) is 29.4 Å². The van der Waals surface area contributed by atoms with E-state index in [-0.39, 0.29) is 23.5 Å². The molecule has 1 atom stereocenters. The van der Waals surface area contributed by atoms with Crippen LogP contribution in [0.5, 0.6) is 0 Å². The van der Waals surface area contributed by atoms with Gasteiger partial charge in [0.05, 0.1) is 5.92 Å². The van der Waals surface area contributed by atoms with Crippen LogP contribution in [0.3, 0.4) is 0 Å². The Hall–Kier alpha value is -2.04. The Balaban J connectivity index is 1.74. The molecule has 3 rings (SSSR count). The summed E-state index contributed by atoms with van der Waals surface area (Å²) < 4.78 is 12.9. The van der Waals surface area contributed by atoms with Gasteiger partial charge in [0.1, 0.15) is 5.82 Å². The van der Waals surface area contributed by atoms with Crippen molar-refractivity contribution < 1.29 is 14.0 Å². The quantitative estimate of drug-likeness (QED) is 0.793. The average molecular weight is 274 g/mol. The van der Waals surface area contributed by atoms with Gasteiger partial charge < -0.3 is 0 Å². The Labute approximate surface area is 116 Å². The minimum atomic E-state index is -0.414. The maximum absolute atomic E-state index is 12.9. The maximum atomic E-state index is 12.9. The van der Waals surface area contributed by atoms with Crippen LogP contribution in [-0.2, 0) is 16.0 Å². The SMILES string of the molecule is CC1=NN(C(=O)C2CC2)C(=O)C1Cc1ccc(F)cc1. The number of amides is 2. The second-order valence-electron chi connectivity index (χ2n) is 5.39. The van der Waals surface area contributed by atoms with E-state index in [4.69, 9.17) is 0 Å². The van der Waals surface area contributed by atoms with Gasteiger partial charge in [-0.05, 0) is 43.9 Å². The van der Waals surface area contributed by atoms with Gasteiger partial charge in [-0.15, -0.1) is 0 Å². The second-order valence-corrected chi connectivity index (χ2v) is 5.39. The van der Waals surface area contributed by atoms with Crippen LogP contribution in [0.1, 0.15) is 25.3 Å². The van der Waals surface area contributed by atoms with E-state index in [1.165, 1.54) is 12.1 Å². The third kappa shape index (κ3) is 2.35. The summed E-state index contributed by atoms with van der Waals surface area (Å²) in [5, 5.41) is 5.13. The molecule has 1 aromatic rings. The number of hydrogen-bond donors (Lipinski definition) is 0. The summed E-state index contributed by atoms with van der Waals surface area (Å²) in [7, 11) is 0. The minimum absolute atomic E-state index is 0.0277. The number of halogens is 1. The lowest BCUT2D eigenvalue weighted by atomic mass is 9.95. The van der Waals surface area contributed by atoms with Gasteiger partial charge >= 0.3 is 0 Å². The predicted octanol–water partition coefficient (Wildman–Crippen LogP) is 2.14. The molecule has 0 bridgehead atoms. The molecule has 104 valence electrons. The number of benzene rings is 1. The van der Waals surface area contributed by atoms with Crippen molar-refractivity contribution in [3.8, 4) is 0 Å². The topological polar surface area (TPSA) is 49.7 Å². The third-order valence-electron chi connectivity index (χ3n) is 3.76. The lowest BCUT2D eigenvalue weighted by molar-refractivity contribution is -0.145. The molecule has 0 saturated heterocycles. The lowest BCUT2D eigenvalue weighted by Crippen LogP contribution is -2.34. The highest BCUT2D eigenvalue weighted by Crippen LogP contribution is 2.33. The summed E-state index contributed by atoms with van der Waals surface area (Å²) in [6.07, 6.45) is 2.14. The highest BCUT2D eigenvalue weighted by molar-refractivity contribution is 6.13. The number of carbonyl (C=O) groups is 2. The van der Waals surface area contributed by atoms with E-state index < -0.39 is 5.92 Å². The lowest BCUT2D eigenvalue weighted by Gasteiger charge is -2.12. The van der Waals surface area contributed by atoms with E-state index in [9.17, 15) is 14.0 Å². The van der Waals surface area contributed by atoms with E-state index in [0.717, 1.165) is 23.4 Å². The first-order chi connectivity index (χ1) is 9.56. The summed E-state index contributed by atoms with van der Waals surface area (Å²) in [4.78, 5) is 24.2. The molecule has 0 spiro atoms. The van der Waals surface area contributed by atoms with Crippen LogP contribution in [0.25, 0.3) is 0 Å². The largest absolute Gasteiger partial charge is 0.272 e. The highest BCUT2D eigenvalue weighted by Gasteiger charge is 2.42. The fourth-order valence-electron chi connectivity index (χ4n) is 2.36. The number of hydrogen-bond acceptors (Lipinski definition) is 3. The Morgan fingerprint density at radius 1 is 1.35 bits per heavy atom. The molecule has 1 aliphatic carbocycles. The van der Waals surface area contributed by atoms with E-state index in [1.54, 1.807) is 19.1 Å². The Bertz CT molecular complexity index is 590. The van der Waals surface area contributed by atoms with Gasteiger partial charge in [-0.2, -0.15) is 10.1 Å². The van der Waals surface area contributed by atoms with E-state index in [2.05, 4.69) is 5.10 Å². The third-order valence-corrected chi connectivity index (χ3v) is 3.76. The van der Waals surface area contributed by atoms with Crippen molar-refractivity contribution in [3.05, 3.63) is 35.6 Å². The standard InChI is InChI=1S/C15H15FN2O2/c1-9-13(8-10-2-6-12(16)7-3-10)15(20)18(17-9)14(19)11-4-5-11/h2-3,6-7,11,13H,4-5,8H2,1H3. The van der Waals surface area contributed by atoms with Crippen molar-refractivity contribution in [2.45, 2.75) is 26.2 Å². The summed E-state index contributed by atoms with van der Waals surface area (Å²) >= 11 is 0. The number of nitrogens with zero attached hydrogens (tertiary/aromatic N) is 2. The van der Waals surface area contributed by atoms with Gasteiger partial charge in [-0.3, -0.25) is 9.59 Å². The van der Waals surface area contributed by atoms with Crippen LogP contribution < -0.4 is 0 Å². The smallest absolute Gasteiger partial charge is 0.259 e. The van der Waals surface area contributed by atoms with Crippen LogP contribution in [0.4, 0.5) is 4.39 Å². The van der Waals surface area contributed by atoms with Gasteiger partial charge in [-0.1, -0.05) is 12.1 Å². The molecule has 0 N–H and O–H groups in total. The summed E-state index contributed by atoms with van der Waals surface area (Å²) in [6, 6.07) is 6.05. The summed E-state index contributed by atoms with van der Waals surface area (Å²) in [5.41, 5.74) is 1.51. The van der Waals surface area contributed by atoms with Crippen LogP contribution in [0, 0.1) is 17.7 Å². The highest BCUT2D eigenvalue weighted by atomic mass is 19.1. The molecule has 1 aromatic carbocycles. The fourth-order valence-corrected chi connectivity index (χ4v) is 2.36. The molecule has 1 fully saturated rings. The minimum Gasteiger partial charge on any atom is -0.272 e. The van der Waals surface area contributed by atoms with Gasteiger partial charge in [-0.25, -0.2) is 4.39 Å². The van der Waals surface area contributed by atoms with E-state index >= 15 is 0 Å². The average Bonchev–Trinajstić information content (AvgIpc) is 3.23. The summed E-state index contributed by atoms with van der Waals surface area (Å²) in [6.45, 7) is 1.76. The Kier molecular flexibility index (Phi) is 3.12. The van der Waals surface area contributed by atoms with Crippen molar-refractivity contribution in [3.63, 3.8) is 0 Å². The number of rotatable bonds is 3. The molecular formula is C15H15FN2O2. The van der Waals surface area contributed by atoms with Crippen molar-refractivity contribution >= 4 is 17.5 Å². The Morgan fingerprint density at radius 2 is 2.00 bits per heavy atom. The van der Waals surface area contributed by atoms with Gasteiger partial charge in [0, 0.05) is 11.6 Å². The van der Waals surface area contributed by atoms with Crippen molar-refractivity contribution in [1.82, 2.24) is 5.01 Å². The molecule has 20 heavy (non-hydrogen) atoms. The van der Waals surface area contributed by atoms with Gasteiger partial charge in [0.15, 0.2) is 0 Å². The summed E-state index contributed by atoms with van der Waals surface area (Å²) in [5.74, 6) is -1.19. The molecule has 1 heterocycles. The number of hydrazone groups is 1. The monoisotopic (exact) mass is 274 g/mol. The first-order valence-corrected chi connectivity index (χ1v) is 6.73. The molecule has 1 saturated carbocycles. The zero-order chi connectivity index (χ0) is 14.3. The van der Waals surface area contributed by atoms with Gasteiger partial charge in [0.2, 0.25) is 0 Å². The molecule has 1 unspecified atom stereocenters. The molecular weight excluding hydrogens is 259 g/mol. The maximum Gasteiger partial charge on any atom is 0.259 e. The normalized spacial score (nSPS) is 22.1. The van der Waals surface area contributed by atoms with Gasteiger partial charge in [0.25, 0.3) is 11.8 Å². The molecule has 0 aromatic heterocycles. The van der Waals surface area contributed by atoms with Crippen molar-refractivity contribution in [2.75, 3.05) is 0 Å². The molecule has 1 aliphatic heterocycles. The van der Waals surface area contributed by atoms with Crippen LogP contribution in [-0.4, -0.2) is 22.5 Å². The Morgan fingerprint density at radius 3 is 2.60 bits per heavy atom. The fraction of sp³-hybridized carbons (Fsp3) is 0.400. The zero-order valence-corrected chi connectivity index (χ0v) is 11.2. The molecule has 4 nitrogen and oxygen atoms in total. The number of carbonyl (C=O) groups excluding carboxylic acids is 2. The zero-order valence-electron chi connectivity index (χ0n) is 11.2. The van der Waals surface area contributed by atoms with E-state index in [1.807, 2.05) is 0 Å². The van der Waals surface area contributed by atoms with Crippen LogP contribution in [0.2, 0.25) is 0 Å². The van der Waals surface area contributed by atoms with E-state index in [0.29, 0.717) is 12.1 Å². The molecule has 5 heteroatoms. The predicted molar refractivity (Wildman–Crippen MR) is 71.3 cm³/mol. The number of imide groups is 1. The molecule has 2 aliphatic rings. The first-order valence-electron chi connectivity index (χ1n) is 6.73. The van der Waals surface area contributed by atoms with Crippen LogP contribution >= 0.6 is 0 Å². The molecule has 0 radical (unpaired) electrons. The first kappa shape index (κ1) is 13.0. The van der Waals surface area contributed by atoms with Crippen molar-refractivity contribution in [2.24, 2.45) is 16.9 Å². The molecule has 2 amide bonds.